The Bertz CT molecular complexity index is 877. The van der Waals surface area contributed by atoms with Crippen molar-refractivity contribution in [1.82, 2.24) is 0 Å². The Morgan fingerprint density at radius 1 is 1.03 bits per heavy atom. The van der Waals surface area contributed by atoms with E-state index in [0.29, 0.717) is 29.2 Å². The normalized spacial score (nSPS) is 47.1. The number of hydrogen-bond acceptors (Lipinski definition) is 4. The fourth-order valence-electron chi connectivity index (χ4n) is 9.91. The molecule has 1 N–H and O–H groups in total. The van der Waals surface area contributed by atoms with Crippen LogP contribution >= 0.6 is 0 Å². The van der Waals surface area contributed by atoms with Gasteiger partial charge in [-0.25, -0.2) is 0 Å². The van der Waals surface area contributed by atoms with Gasteiger partial charge >= 0.3 is 5.97 Å². The second-order valence-corrected chi connectivity index (χ2v) is 13.6. The molecule has 0 unspecified atom stereocenters. The van der Waals surface area contributed by atoms with Gasteiger partial charge in [0.25, 0.3) is 0 Å². The van der Waals surface area contributed by atoms with Gasteiger partial charge < -0.3 is 9.84 Å². The molecule has 0 aromatic heterocycles. The minimum atomic E-state index is -0.890. The lowest BCUT2D eigenvalue weighted by Crippen LogP contribution is -2.68. The number of carbonyl (C=O) groups is 2. The molecule has 4 nitrogen and oxygen atoms in total. The van der Waals surface area contributed by atoms with Crippen LogP contribution in [-0.2, 0) is 14.3 Å². The number of aliphatic hydroxyl groups excluding tert-OH is 1. The average molecular weight is 487 g/mol. The number of esters is 1. The SMILES string of the molecule is CCCCC(=O)O[C@H]1C[C@@H]2[C@@]3(C)CCC[C@](C)(CC)[C@@H]3CC[C@@]2(C)[C@@H]2CC=C(C(C)=O)[C@H](O)[C@@]12C. The largest absolute Gasteiger partial charge is 0.462 e. The van der Waals surface area contributed by atoms with Gasteiger partial charge in [-0.2, -0.15) is 0 Å². The number of ketones is 1. The molecular formula is C31H50O4. The number of allylic oxidation sites excluding steroid dienone is 1. The Balaban J connectivity index is 1.79. The van der Waals surface area contributed by atoms with Crippen LogP contribution in [-0.4, -0.2) is 29.1 Å². The first-order chi connectivity index (χ1) is 16.4. The lowest BCUT2D eigenvalue weighted by Gasteiger charge is -2.70. The van der Waals surface area contributed by atoms with Gasteiger partial charge in [0.1, 0.15) is 6.10 Å². The number of aliphatic hydroxyl groups is 1. The first-order valence-electron chi connectivity index (χ1n) is 14.5. The van der Waals surface area contributed by atoms with Crippen molar-refractivity contribution in [2.24, 2.45) is 39.4 Å². The number of ether oxygens (including phenoxy) is 1. The molecule has 0 amide bonds. The zero-order valence-corrected chi connectivity index (χ0v) is 23.4. The highest BCUT2D eigenvalue weighted by Crippen LogP contribution is 2.73. The summed E-state index contributed by atoms with van der Waals surface area (Å²) in [7, 11) is 0. The van der Waals surface area contributed by atoms with Crippen molar-refractivity contribution in [3.05, 3.63) is 11.6 Å². The molecule has 4 aliphatic rings. The van der Waals surface area contributed by atoms with Crippen LogP contribution in [0.4, 0.5) is 0 Å². The van der Waals surface area contributed by atoms with E-state index in [9.17, 15) is 14.7 Å². The molecule has 0 aliphatic heterocycles. The van der Waals surface area contributed by atoms with Crippen LogP contribution in [0, 0.1) is 39.4 Å². The van der Waals surface area contributed by atoms with E-state index in [1.54, 1.807) is 6.92 Å². The molecule has 0 aromatic carbocycles. The van der Waals surface area contributed by atoms with Gasteiger partial charge in [0.05, 0.1) is 6.10 Å². The second kappa shape index (κ2) is 9.30. The van der Waals surface area contributed by atoms with Gasteiger partial charge in [0.2, 0.25) is 0 Å². The number of carbonyl (C=O) groups excluding carboxylic acids is 2. The quantitative estimate of drug-likeness (QED) is 0.409. The first kappa shape index (κ1) is 26.9. The molecule has 3 saturated carbocycles. The molecular weight excluding hydrogens is 436 g/mol. The molecule has 0 bridgehead atoms. The van der Waals surface area contributed by atoms with Crippen molar-refractivity contribution in [3.63, 3.8) is 0 Å². The van der Waals surface area contributed by atoms with E-state index >= 15 is 0 Å². The van der Waals surface area contributed by atoms with E-state index in [1.807, 2.05) is 6.08 Å². The van der Waals surface area contributed by atoms with Gasteiger partial charge in [0.15, 0.2) is 5.78 Å². The van der Waals surface area contributed by atoms with Gasteiger partial charge in [-0.1, -0.05) is 66.9 Å². The Labute approximate surface area is 213 Å². The minimum Gasteiger partial charge on any atom is -0.462 e. The van der Waals surface area contributed by atoms with E-state index in [0.717, 1.165) is 32.1 Å². The van der Waals surface area contributed by atoms with E-state index in [2.05, 4.69) is 41.5 Å². The molecule has 198 valence electrons. The average Bonchev–Trinajstić information content (AvgIpc) is 2.80. The molecule has 9 atom stereocenters. The van der Waals surface area contributed by atoms with Crippen LogP contribution in [0.1, 0.15) is 119 Å². The standard InChI is InChI=1S/C31H50O4/c1-8-10-12-26(33)35-25-19-24-29(5)17-11-16-28(4,9-2)22(29)15-18-30(24,6)23-14-13-21(20(3)32)27(34)31(23,25)7/h13,22-25,27,34H,8-12,14-19H2,1-7H3/t22-,23-,24+,25-,27-,28-,29-,30-,31+/m0/s1. The summed E-state index contributed by atoms with van der Waals surface area (Å²) in [5.74, 6) is 1.10. The summed E-state index contributed by atoms with van der Waals surface area (Å²) in [5, 5.41) is 11.7. The Hall–Kier alpha value is -1.16. The number of Topliss-reactive ketones (excluding diaryl/α,β-unsaturated/α-hetero) is 1. The fourth-order valence-corrected chi connectivity index (χ4v) is 9.91. The number of rotatable bonds is 6. The van der Waals surface area contributed by atoms with Crippen molar-refractivity contribution in [3.8, 4) is 0 Å². The van der Waals surface area contributed by atoms with Crippen LogP contribution in [0.2, 0.25) is 0 Å². The maximum absolute atomic E-state index is 13.0. The summed E-state index contributed by atoms with van der Waals surface area (Å²) in [4.78, 5) is 25.4. The fraction of sp³-hybridized carbons (Fsp3) is 0.871. The predicted molar refractivity (Wildman–Crippen MR) is 140 cm³/mol. The predicted octanol–water partition coefficient (Wildman–Crippen LogP) is 7.03. The topological polar surface area (TPSA) is 63.6 Å². The summed E-state index contributed by atoms with van der Waals surface area (Å²) in [6, 6.07) is 0. The van der Waals surface area contributed by atoms with Gasteiger partial charge in [-0.05, 0) is 85.9 Å². The highest BCUT2D eigenvalue weighted by molar-refractivity contribution is 5.94. The second-order valence-electron chi connectivity index (χ2n) is 13.6. The minimum absolute atomic E-state index is 0.0537. The van der Waals surface area contributed by atoms with Crippen LogP contribution in [0.3, 0.4) is 0 Å². The third-order valence-corrected chi connectivity index (χ3v) is 12.0. The maximum atomic E-state index is 13.0. The molecule has 3 fully saturated rings. The molecule has 35 heavy (non-hydrogen) atoms. The van der Waals surface area contributed by atoms with Gasteiger partial charge in [-0.3, -0.25) is 9.59 Å². The van der Waals surface area contributed by atoms with Crippen molar-refractivity contribution in [2.45, 2.75) is 131 Å². The number of hydrogen-bond donors (Lipinski definition) is 1. The van der Waals surface area contributed by atoms with Crippen molar-refractivity contribution >= 4 is 11.8 Å². The monoisotopic (exact) mass is 486 g/mol. The number of fused-ring (bicyclic) bond motifs is 5. The molecule has 4 heteroatoms. The summed E-state index contributed by atoms with van der Waals surface area (Å²) in [6.45, 7) is 15.6. The third-order valence-electron chi connectivity index (χ3n) is 12.0. The maximum Gasteiger partial charge on any atom is 0.306 e. The van der Waals surface area contributed by atoms with Crippen molar-refractivity contribution in [2.75, 3.05) is 0 Å². The number of unbranched alkanes of at least 4 members (excludes halogenated alkanes) is 1. The highest BCUT2D eigenvalue weighted by atomic mass is 16.5. The lowest BCUT2D eigenvalue weighted by atomic mass is 9.35. The molecule has 0 radical (unpaired) electrons. The van der Waals surface area contributed by atoms with Gasteiger partial charge in [-0.15, -0.1) is 0 Å². The third kappa shape index (κ3) is 3.96. The zero-order valence-electron chi connectivity index (χ0n) is 23.4. The smallest absolute Gasteiger partial charge is 0.306 e. The lowest BCUT2D eigenvalue weighted by molar-refractivity contribution is -0.249. The summed E-state index contributed by atoms with van der Waals surface area (Å²) in [6.07, 6.45) is 12.0. The van der Waals surface area contributed by atoms with Crippen LogP contribution in [0.5, 0.6) is 0 Å². The molecule has 0 saturated heterocycles. The Kier molecular flexibility index (Phi) is 7.14. The first-order valence-corrected chi connectivity index (χ1v) is 14.5. The summed E-state index contributed by atoms with van der Waals surface area (Å²) < 4.78 is 6.32. The molecule has 4 rings (SSSR count). The molecule has 0 heterocycles. The van der Waals surface area contributed by atoms with Crippen LogP contribution < -0.4 is 0 Å². The summed E-state index contributed by atoms with van der Waals surface area (Å²) in [5.41, 5.74) is 0.501. The van der Waals surface area contributed by atoms with Crippen LogP contribution in [0.25, 0.3) is 0 Å². The summed E-state index contributed by atoms with van der Waals surface area (Å²) >= 11 is 0. The van der Waals surface area contributed by atoms with Crippen molar-refractivity contribution in [1.29, 1.82) is 0 Å². The van der Waals surface area contributed by atoms with E-state index < -0.39 is 11.5 Å². The molecule has 0 aromatic rings. The Morgan fingerprint density at radius 2 is 1.71 bits per heavy atom. The van der Waals surface area contributed by atoms with E-state index in [-0.39, 0.29) is 34.6 Å². The van der Waals surface area contributed by atoms with Gasteiger partial charge in [0, 0.05) is 17.4 Å². The van der Waals surface area contributed by atoms with E-state index in [4.69, 9.17) is 4.74 Å². The zero-order chi connectivity index (χ0) is 25.8. The van der Waals surface area contributed by atoms with Crippen LogP contribution in [0.15, 0.2) is 11.6 Å². The van der Waals surface area contributed by atoms with Crippen molar-refractivity contribution < 1.29 is 19.4 Å². The molecule has 0 spiro atoms. The molecule has 4 aliphatic carbocycles. The van der Waals surface area contributed by atoms with E-state index in [1.165, 1.54) is 32.1 Å². The highest BCUT2D eigenvalue weighted by Gasteiger charge is 2.69. The Morgan fingerprint density at radius 3 is 2.34 bits per heavy atom.